The number of piperidine rings is 1. The van der Waals surface area contributed by atoms with E-state index in [-0.39, 0.29) is 43.2 Å². The zero-order valence-corrected chi connectivity index (χ0v) is 19.7. The number of hydrogen-bond acceptors (Lipinski definition) is 5. The third-order valence-corrected chi connectivity index (χ3v) is 5.91. The Morgan fingerprint density at radius 1 is 1.14 bits per heavy atom. The Kier molecular flexibility index (Phi) is 7.37. The van der Waals surface area contributed by atoms with Crippen molar-refractivity contribution in [1.82, 2.24) is 14.7 Å². The highest BCUT2D eigenvalue weighted by atomic mass is 19.4. The molecule has 0 unspecified atom stereocenters. The van der Waals surface area contributed by atoms with Gasteiger partial charge >= 0.3 is 6.36 Å². The molecule has 0 saturated carbocycles. The van der Waals surface area contributed by atoms with Crippen molar-refractivity contribution in [2.24, 2.45) is 12.8 Å². The molecule has 2 aromatic carbocycles. The highest BCUT2D eigenvalue weighted by Crippen LogP contribution is 2.30. The number of nitrogens with zero attached hydrogens (tertiary/aromatic N) is 3. The van der Waals surface area contributed by atoms with Gasteiger partial charge in [-0.2, -0.15) is 5.10 Å². The third kappa shape index (κ3) is 6.57. The van der Waals surface area contributed by atoms with Crippen LogP contribution in [0.4, 0.5) is 17.6 Å². The maximum absolute atomic E-state index is 15.0. The fraction of sp³-hybridized carbons (Fsp3) is 0.320. The average molecular weight is 520 g/mol. The summed E-state index contributed by atoms with van der Waals surface area (Å²) in [6, 6.07) is 9.76. The molecule has 2 N–H and O–H groups in total. The van der Waals surface area contributed by atoms with Crippen LogP contribution in [0.25, 0.3) is 11.1 Å². The van der Waals surface area contributed by atoms with Gasteiger partial charge in [0.05, 0.1) is 24.7 Å². The van der Waals surface area contributed by atoms with Gasteiger partial charge in [-0.05, 0) is 35.4 Å². The number of nitrogens with two attached hydrogens (primary N) is 1. The Bertz CT molecular complexity index is 1280. The second-order valence-electron chi connectivity index (χ2n) is 8.65. The molecule has 2 heterocycles. The lowest BCUT2D eigenvalue weighted by Crippen LogP contribution is -2.49. The molecule has 2 amide bonds. The highest BCUT2D eigenvalue weighted by molar-refractivity contribution is 5.97. The number of likely N-dealkylation sites (tertiary alicyclic amines) is 1. The minimum Gasteiger partial charge on any atom is -0.486 e. The number of aromatic nitrogens is 2. The Hall–Kier alpha value is -4.09. The topological polar surface area (TPSA) is 99.7 Å². The maximum Gasteiger partial charge on any atom is 0.573 e. The van der Waals surface area contributed by atoms with Crippen LogP contribution in [0.1, 0.15) is 22.3 Å². The van der Waals surface area contributed by atoms with Crippen LogP contribution in [-0.4, -0.2) is 58.2 Å². The van der Waals surface area contributed by atoms with Crippen LogP contribution < -0.4 is 15.2 Å². The van der Waals surface area contributed by atoms with E-state index < -0.39 is 30.3 Å². The fourth-order valence-corrected chi connectivity index (χ4v) is 4.08. The van der Waals surface area contributed by atoms with Crippen LogP contribution >= 0.6 is 0 Å². The zero-order valence-electron chi connectivity index (χ0n) is 19.7. The van der Waals surface area contributed by atoms with Gasteiger partial charge in [-0.15, -0.1) is 13.2 Å². The molecular formula is C25H24F4N4O4. The first-order chi connectivity index (χ1) is 17.5. The van der Waals surface area contributed by atoms with Crippen molar-refractivity contribution >= 4 is 11.8 Å². The second kappa shape index (κ2) is 10.5. The van der Waals surface area contributed by atoms with E-state index in [1.54, 1.807) is 42.3 Å². The van der Waals surface area contributed by atoms with Gasteiger partial charge in [0.25, 0.3) is 5.91 Å². The summed E-state index contributed by atoms with van der Waals surface area (Å²) in [6.07, 6.45) is -3.76. The monoisotopic (exact) mass is 520 g/mol. The van der Waals surface area contributed by atoms with Crippen molar-refractivity contribution in [1.29, 1.82) is 0 Å². The van der Waals surface area contributed by atoms with Gasteiger partial charge in [-0.1, -0.05) is 18.2 Å². The van der Waals surface area contributed by atoms with Crippen LogP contribution in [0.3, 0.4) is 0 Å². The van der Waals surface area contributed by atoms with Crippen LogP contribution in [0.2, 0.25) is 0 Å². The van der Waals surface area contributed by atoms with Crippen molar-refractivity contribution in [2.45, 2.75) is 31.5 Å². The van der Waals surface area contributed by atoms with Crippen molar-refractivity contribution in [3.8, 4) is 22.6 Å². The molecule has 3 aromatic rings. The molecular weight excluding hydrogens is 496 g/mol. The third-order valence-electron chi connectivity index (χ3n) is 5.91. The number of benzene rings is 2. The molecule has 1 aromatic heterocycles. The lowest BCUT2D eigenvalue weighted by molar-refractivity contribution is -0.274. The van der Waals surface area contributed by atoms with Crippen molar-refractivity contribution in [3.63, 3.8) is 0 Å². The Labute approximate surface area is 209 Å². The van der Waals surface area contributed by atoms with Crippen LogP contribution in [0, 0.1) is 0 Å². The molecule has 0 aliphatic carbocycles. The van der Waals surface area contributed by atoms with E-state index >= 15 is 4.39 Å². The molecule has 8 nitrogen and oxygen atoms in total. The molecule has 37 heavy (non-hydrogen) atoms. The van der Waals surface area contributed by atoms with Gasteiger partial charge in [-0.25, -0.2) is 4.39 Å². The number of amides is 2. The highest BCUT2D eigenvalue weighted by Gasteiger charge is 2.34. The number of ether oxygens (including phenoxy) is 2. The molecule has 1 saturated heterocycles. The van der Waals surface area contributed by atoms with Gasteiger partial charge in [0.1, 0.15) is 17.6 Å². The predicted octanol–water partition coefficient (Wildman–Crippen LogP) is 3.65. The molecule has 0 radical (unpaired) electrons. The second-order valence-corrected chi connectivity index (χ2v) is 8.65. The number of primary amides is 1. The molecule has 1 fully saturated rings. The fourth-order valence-electron chi connectivity index (χ4n) is 4.08. The Morgan fingerprint density at radius 3 is 2.46 bits per heavy atom. The van der Waals surface area contributed by atoms with Gasteiger partial charge in [0.15, 0.2) is 6.17 Å². The first-order valence-electron chi connectivity index (χ1n) is 11.3. The molecule has 0 bridgehead atoms. The van der Waals surface area contributed by atoms with Gasteiger partial charge in [-0.3, -0.25) is 14.3 Å². The van der Waals surface area contributed by atoms with E-state index in [0.717, 1.165) is 17.7 Å². The number of alkyl halides is 4. The Morgan fingerprint density at radius 2 is 1.86 bits per heavy atom. The predicted molar refractivity (Wildman–Crippen MR) is 124 cm³/mol. The van der Waals surface area contributed by atoms with Gasteiger partial charge < -0.3 is 20.1 Å². The van der Waals surface area contributed by atoms with Crippen molar-refractivity contribution in [2.75, 3.05) is 13.1 Å². The molecule has 196 valence electrons. The lowest BCUT2D eigenvalue weighted by atomic mass is 10.0. The summed E-state index contributed by atoms with van der Waals surface area (Å²) in [4.78, 5) is 26.0. The van der Waals surface area contributed by atoms with Crippen LogP contribution in [-0.2, 0) is 18.3 Å². The number of rotatable bonds is 7. The minimum absolute atomic E-state index is 0.102. The maximum atomic E-state index is 15.0. The van der Waals surface area contributed by atoms with E-state index in [0.29, 0.717) is 11.1 Å². The smallest absolute Gasteiger partial charge is 0.486 e. The quantitative estimate of drug-likeness (QED) is 0.480. The zero-order chi connectivity index (χ0) is 26.7. The SMILES string of the molecule is Cn1cc(-c2ccc(O[C@@H]3CCN(C(=O)Cc4ccc(OC(F)(F)F)cc4)C[C@@H]3F)c(C(N)=O)c2)cn1. The molecule has 1 aliphatic rings. The number of aryl methyl sites for hydroxylation is 1. The summed E-state index contributed by atoms with van der Waals surface area (Å²) >= 11 is 0. The normalized spacial score (nSPS) is 17.9. The molecule has 4 rings (SSSR count). The average Bonchev–Trinajstić information content (AvgIpc) is 3.27. The van der Waals surface area contributed by atoms with E-state index in [2.05, 4.69) is 9.84 Å². The van der Waals surface area contributed by atoms with Crippen molar-refractivity contribution in [3.05, 3.63) is 66.0 Å². The van der Waals surface area contributed by atoms with Crippen LogP contribution in [0.15, 0.2) is 54.9 Å². The summed E-state index contributed by atoms with van der Waals surface area (Å²) in [5.74, 6) is -1.34. The molecule has 1 aliphatic heterocycles. The van der Waals surface area contributed by atoms with E-state index in [1.165, 1.54) is 17.0 Å². The lowest BCUT2D eigenvalue weighted by Gasteiger charge is -2.35. The van der Waals surface area contributed by atoms with Crippen molar-refractivity contribution < 1.29 is 36.6 Å². The largest absolute Gasteiger partial charge is 0.573 e. The van der Waals surface area contributed by atoms with Gasteiger partial charge in [0, 0.05) is 31.8 Å². The number of carbonyl (C=O) groups is 2. The van der Waals surface area contributed by atoms with E-state index in [1.807, 2.05) is 0 Å². The van der Waals surface area contributed by atoms with Crippen LogP contribution in [0.5, 0.6) is 11.5 Å². The first kappa shape index (κ1) is 26.0. The summed E-state index contributed by atoms with van der Waals surface area (Å²) < 4.78 is 63.1. The number of carbonyl (C=O) groups excluding carboxylic acids is 2. The summed E-state index contributed by atoms with van der Waals surface area (Å²) in [5.41, 5.74) is 7.57. The summed E-state index contributed by atoms with van der Waals surface area (Å²) in [7, 11) is 1.76. The Balaban J connectivity index is 1.37. The summed E-state index contributed by atoms with van der Waals surface area (Å²) in [5, 5.41) is 4.10. The van der Waals surface area contributed by atoms with E-state index in [4.69, 9.17) is 10.5 Å². The standard InChI is InChI=1S/C25H24F4N4O4/c1-32-13-17(12-31-32)16-4-7-21(19(11-16)24(30)35)36-22-8-9-33(14-20(22)26)23(34)10-15-2-5-18(6-3-15)37-25(27,28)29/h2-7,11-13,20,22H,8-10,14H2,1H3,(H2,30,35)/t20-,22+/m0/s1. The van der Waals surface area contributed by atoms with E-state index in [9.17, 15) is 22.8 Å². The summed E-state index contributed by atoms with van der Waals surface area (Å²) in [6.45, 7) is -0.0166. The minimum atomic E-state index is -4.81. The number of hydrogen-bond donors (Lipinski definition) is 1. The first-order valence-corrected chi connectivity index (χ1v) is 11.3. The molecule has 12 heteroatoms. The molecule has 2 atom stereocenters. The number of halogens is 4. The molecule has 0 spiro atoms. The van der Waals surface area contributed by atoms with Gasteiger partial charge in [0.2, 0.25) is 5.91 Å².